The number of amides is 2. The van der Waals surface area contributed by atoms with E-state index >= 15 is 0 Å². The lowest BCUT2D eigenvalue weighted by Crippen LogP contribution is -2.29. The lowest BCUT2D eigenvalue weighted by Gasteiger charge is -2.12. The number of nitrogens with one attached hydrogen (secondary N) is 2. The SMILES string of the molecule is Cc1cccc(C(=O)O)c1NC(=O)NCc1cccnc1. The summed E-state index contributed by atoms with van der Waals surface area (Å²) in [5.74, 6) is -1.08. The van der Waals surface area contributed by atoms with E-state index in [1.54, 1.807) is 37.5 Å². The fourth-order valence-corrected chi connectivity index (χ4v) is 1.85. The smallest absolute Gasteiger partial charge is 0.337 e. The first-order chi connectivity index (χ1) is 10.1. The number of hydrogen-bond donors (Lipinski definition) is 3. The van der Waals surface area contributed by atoms with Crippen LogP contribution in [0.2, 0.25) is 0 Å². The van der Waals surface area contributed by atoms with Crippen molar-refractivity contribution in [2.24, 2.45) is 0 Å². The number of aromatic nitrogens is 1. The molecule has 1 heterocycles. The summed E-state index contributed by atoms with van der Waals surface area (Å²) in [4.78, 5) is 27.0. The van der Waals surface area contributed by atoms with Gasteiger partial charge in [-0.15, -0.1) is 0 Å². The zero-order valence-corrected chi connectivity index (χ0v) is 11.5. The van der Waals surface area contributed by atoms with Crippen LogP contribution in [0.4, 0.5) is 10.5 Å². The normalized spacial score (nSPS) is 9.95. The fourth-order valence-electron chi connectivity index (χ4n) is 1.85. The number of rotatable bonds is 4. The zero-order chi connectivity index (χ0) is 15.2. The fraction of sp³-hybridized carbons (Fsp3) is 0.133. The summed E-state index contributed by atoms with van der Waals surface area (Å²) in [6, 6.07) is 7.98. The molecule has 0 aliphatic carbocycles. The molecule has 21 heavy (non-hydrogen) atoms. The second kappa shape index (κ2) is 6.51. The maximum Gasteiger partial charge on any atom is 0.337 e. The molecule has 6 nitrogen and oxygen atoms in total. The van der Waals surface area contributed by atoms with Crippen molar-refractivity contribution >= 4 is 17.7 Å². The van der Waals surface area contributed by atoms with E-state index in [1.807, 2.05) is 6.07 Å². The van der Waals surface area contributed by atoms with Crippen LogP contribution in [0, 0.1) is 6.92 Å². The Hall–Kier alpha value is -2.89. The molecule has 2 amide bonds. The van der Waals surface area contributed by atoms with Crippen molar-refractivity contribution in [3.05, 3.63) is 59.4 Å². The highest BCUT2D eigenvalue weighted by molar-refractivity contribution is 6.00. The monoisotopic (exact) mass is 285 g/mol. The van der Waals surface area contributed by atoms with E-state index < -0.39 is 12.0 Å². The minimum Gasteiger partial charge on any atom is -0.478 e. The Morgan fingerprint density at radius 3 is 2.71 bits per heavy atom. The van der Waals surface area contributed by atoms with E-state index in [2.05, 4.69) is 15.6 Å². The van der Waals surface area contributed by atoms with Crippen molar-refractivity contribution in [2.75, 3.05) is 5.32 Å². The van der Waals surface area contributed by atoms with Crippen LogP contribution in [-0.2, 0) is 6.54 Å². The number of aromatic carboxylic acids is 1. The van der Waals surface area contributed by atoms with Gasteiger partial charge in [-0.3, -0.25) is 4.98 Å². The Morgan fingerprint density at radius 2 is 2.05 bits per heavy atom. The highest BCUT2D eigenvalue weighted by Crippen LogP contribution is 2.20. The lowest BCUT2D eigenvalue weighted by atomic mass is 10.1. The van der Waals surface area contributed by atoms with Crippen molar-refractivity contribution in [3.63, 3.8) is 0 Å². The minimum absolute atomic E-state index is 0.0616. The van der Waals surface area contributed by atoms with Crippen LogP contribution < -0.4 is 10.6 Å². The molecule has 0 radical (unpaired) electrons. The number of carbonyl (C=O) groups excluding carboxylic acids is 1. The number of carboxylic acid groups (broad SMARTS) is 1. The maximum absolute atomic E-state index is 11.9. The first-order valence-electron chi connectivity index (χ1n) is 6.34. The summed E-state index contributed by atoms with van der Waals surface area (Å²) < 4.78 is 0. The van der Waals surface area contributed by atoms with Gasteiger partial charge in [0.1, 0.15) is 0 Å². The topological polar surface area (TPSA) is 91.3 Å². The van der Waals surface area contributed by atoms with Gasteiger partial charge in [-0.05, 0) is 30.2 Å². The molecule has 0 aliphatic heterocycles. The van der Waals surface area contributed by atoms with Crippen molar-refractivity contribution in [3.8, 4) is 0 Å². The summed E-state index contributed by atoms with van der Waals surface area (Å²) in [5.41, 5.74) is 1.91. The molecule has 0 saturated heterocycles. The number of para-hydroxylation sites is 1. The summed E-state index contributed by atoms with van der Waals surface area (Å²) in [6.07, 6.45) is 3.30. The third-order valence-corrected chi connectivity index (χ3v) is 2.92. The molecule has 0 aliphatic rings. The number of anilines is 1. The molecule has 1 aromatic heterocycles. The minimum atomic E-state index is -1.08. The Bertz CT molecular complexity index is 656. The molecule has 0 unspecified atom stereocenters. The molecule has 2 aromatic rings. The van der Waals surface area contributed by atoms with Crippen molar-refractivity contribution < 1.29 is 14.7 Å². The number of nitrogens with zero attached hydrogens (tertiary/aromatic N) is 1. The van der Waals surface area contributed by atoms with Gasteiger partial charge in [0.05, 0.1) is 11.3 Å². The number of carboxylic acids is 1. The number of carbonyl (C=O) groups is 2. The Balaban J connectivity index is 2.05. The van der Waals surface area contributed by atoms with E-state index in [0.29, 0.717) is 17.8 Å². The van der Waals surface area contributed by atoms with Gasteiger partial charge in [0.15, 0.2) is 0 Å². The quantitative estimate of drug-likeness (QED) is 0.804. The molecule has 0 fully saturated rings. The molecule has 3 N–H and O–H groups in total. The predicted molar refractivity (Wildman–Crippen MR) is 78.2 cm³/mol. The van der Waals surface area contributed by atoms with E-state index in [-0.39, 0.29) is 5.56 Å². The van der Waals surface area contributed by atoms with Gasteiger partial charge in [-0.1, -0.05) is 18.2 Å². The first kappa shape index (κ1) is 14.5. The predicted octanol–water partition coefficient (Wildman–Crippen LogP) is 2.41. The largest absolute Gasteiger partial charge is 0.478 e. The van der Waals surface area contributed by atoms with Crippen LogP contribution in [0.3, 0.4) is 0 Å². The van der Waals surface area contributed by atoms with Crippen molar-refractivity contribution in [2.45, 2.75) is 13.5 Å². The molecule has 0 spiro atoms. The van der Waals surface area contributed by atoms with Gasteiger partial charge in [0.2, 0.25) is 0 Å². The molecule has 0 atom stereocenters. The Labute approximate surface area is 121 Å². The highest BCUT2D eigenvalue weighted by atomic mass is 16.4. The van der Waals surface area contributed by atoms with Gasteiger partial charge in [0.25, 0.3) is 0 Å². The second-order valence-corrected chi connectivity index (χ2v) is 4.47. The second-order valence-electron chi connectivity index (χ2n) is 4.47. The van der Waals surface area contributed by atoms with Crippen LogP contribution in [0.1, 0.15) is 21.5 Å². The number of urea groups is 1. The van der Waals surface area contributed by atoms with Gasteiger partial charge in [0, 0.05) is 18.9 Å². The lowest BCUT2D eigenvalue weighted by molar-refractivity contribution is 0.0698. The molecule has 6 heteroatoms. The Morgan fingerprint density at radius 1 is 1.24 bits per heavy atom. The number of pyridine rings is 1. The van der Waals surface area contributed by atoms with E-state index in [9.17, 15) is 9.59 Å². The van der Waals surface area contributed by atoms with Crippen molar-refractivity contribution in [1.82, 2.24) is 10.3 Å². The van der Waals surface area contributed by atoms with Crippen LogP contribution in [0.25, 0.3) is 0 Å². The molecule has 0 bridgehead atoms. The number of hydrogen-bond acceptors (Lipinski definition) is 3. The van der Waals surface area contributed by atoms with Crippen LogP contribution in [0.5, 0.6) is 0 Å². The van der Waals surface area contributed by atoms with E-state index in [1.165, 1.54) is 6.07 Å². The van der Waals surface area contributed by atoms with Gasteiger partial charge in [-0.25, -0.2) is 9.59 Å². The van der Waals surface area contributed by atoms with Crippen LogP contribution in [-0.4, -0.2) is 22.1 Å². The van der Waals surface area contributed by atoms with Gasteiger partial charge < -0.3 is 15.7 Å². The number of benzene rings is 1. The van der Waals surface area contributed by atoms with E-state index in [0.717, 1.165) is 5.56 Å². The summed E-state index contributed by atoms with van der Waals surface area (Å²) in [5, 5.41) is 14.4. The molecular formula is C15H15N3O3. The molecule has 1 aromatic carbocycles. The standard InChI is InChI=1S/C15H15N3O3/c1-10-4-2-6-12(14(19)20)13(10)18-15(21)17-9-11-5-3-7-16-8-11/h2-8H,9H2,1H3,(H,19,20)(H2,17,18,21). The van der Waals surface area contributed by atoms with Crippen LogP contribution >= 0.6 is 0 Å². The van der Waals surface area contributed by atoms with Crippen LogP contribution in [0.15, 0.2) is 42.7 Å². The summed E-state index contributed by atoms with van der Waals surface area (Å²) in [6.45, 7) is 2.05. The molecular weight excluding hydrogens is 270 g/mol. The molecule has 2 rings (SSSR count). The van der Waals surface area contributed by atoms with E-state index in [4.69, 9.17) is 5.11 Å². The summed E-state index contributed by atoms with van der Waals surface area (Å²) >= 11 is 0. The third kappa shape index (κ3) is 3.79. The van der Waals surface area contributed by atoms with Crippen molar-refractivity contribution in [1.29, 1.82) is 0 Å². The van der Waals surface area contributed by atoms with Gasteiger partial charge >= 0.3 is 12.0 Å². The average Bonchev–Trinajstić information content (AvgIpc) is 2.48. The molecule has 0 saturated carbocycles. The Kier molecular flexibility index (Phi) is 4.50. The highest BCUT2D eigenvalue weighted by Gasteiger charge is 2.14. The zero-order valence-electron chi connectivity index (χ0n) is 11.5. The molecule has 108 valence electrons. The first-order valence-corrected chi connectivity index (χ1v) is 6.34. The number of aryl methyl sites for hydroxylation is 1. The van der Waals surface area contributed by atoms with Gasteiger partial charge in [-0.2, -0.15) is 0 Å². The third-order valence-electron chi connectivity index (χ3n) is 2.92. The maximum atomic E-state index is 11.9. The average molecular weight is 285 g/mol. The summed E-state index contributed by atoms with van der Waals surface area (Å²) in [7, 11) is 0.